The Hall–Kier alpha value is -2.80. The Morgan fingerprint density at radius 3 is 2.62 bits per heavy atom. The number of nitrogens with one attached hydrogen (secondary N) is 1. The Morgan fingerprint density at radius 2 is 2.00 bits per heavy atom. The molecule has 0 radical (unpaired) electrons. The molecule has 0 spiro atoms. The number of aryl methyl sites for hydroxylation is 2. The van der Waals surface area contributed by atoms with Gasteiger partial charge in [-0.25, -0.2) is 0 Å². The van der Waals surface area contributed by atoms with E-state index in [0.717, 1.165) is 34.3 Å². The molecule has 0 atom stereocenters. The third kappa shape index (κ3) is 4.53. The molecule has 32 heavy (non-hydrogen) atoms. The number of hydrogen-bond acceptors (Lipinski definition) is 5. The van der Waals surface area contributed by atoms with Crippen molar-refractivity contribution in [2.24, 2.45) is 0 Å². The van der Waals surface area contributed by atoms with E-state index < -0.39 is 0 Å². The summed E-state index contributed by atoms with van der Waals surface area (Å²) < 4.78 is 17.6. The molecule has 1 aliphatic carbocycles. The second kappa shape index (κ2) is 9.36. The van der Waals surface area contributed by atoms with Crippen LogP contribution in [0.4, 0.5) is 0 Å². The summed E-state index contributed by atoms with van der Waals surface area (Å²) in [6.45, 7) is 4.66. The third-order valence-electron chi connectivity index (χ3n) is 6.31. The van der Waals surface area contributed by atoms with Crippen molar-refractivity contribution < 1.29 is 18.8 Å². The highest BCUT2D eigenvalue weighted by Crippen LogP contribution is 2.44. The highest BCUT2D eigenvalue weighted by molar-refractivity contribution is 9.10. The second-order valence-corrected chi connectivity index (χ2v) is 9.20. The lowest BCUT2D eigenvalue weighted by Gasteiger charge is -2.42. The van der Waals surface area contributed by atoms with Gasteiger partial charge < -0.3 is 19.3 Å². The van der Waals surface area contributed by atoms with E-state index in [4.69, 9.17) is 14.0 Å². The molecule has 0 saturated heterocycles. The van der Waals surface area contributed by atoms with E-state index in [1.807, 2.05) is 26.0 Å². The molecule has 1 aromatic heterocycles. The molecule has 1 amide bonds. The minimum absolute atomic E-state index is 0.000920. The molecule has 1 saturated carbocycles. The van der Waals surface area contributed by atoms with Crippen molar-refractivity contribution in [1.82, 2.24) is 10.5 Å². The predicted molar refractivity (Wildman–Crippen MR) is 125 cm³/mol. The van der Waals surface area contributed by atoms with Crippen LogP contribution in [0.5, 0.6) is 11.5 Å². The first kappa shape index (κ1) is 22.4. The summed E-state index contributed by atoms with van der Waals surface area (Å²) in [6, 6.07) is 13.6. The molecule has 0 bridgehead atoms. The van der Waals surface area contributed by atoms with E-state index in [2.05, 4.69) is 38.5 Å². The number of carbonyl (C=O) groups excluding carboxylic acids is 1. The number of ether oxygens (including phenoxy) is 2. The van der Waals surface area contributed by atoms with Crippen LogP contribution < -0.4 is 14.8 Å². The van der Waals surface area contributed by atoms with Gasteiger partial charge in [0.2, 0.25) is 0 Å². The normalized spacial score (nSPS) is 14.5. The van der Waals surface area contributed by atoms with Gasteiger partial charge in [0.15, 0.2) is 11.5 Å². The minimum Gasteiger partial charge on any atom is -0.493 e. The first-order valence-corrected chi connectivity index (χ1v) is 11.5. The van der Waals surface area contributed by atoms with Crippen LogP contribution in [0.15, 0.2) is 51.5 Å². The summed E-state index contributed by atoms with van der Waals surface area (Å²) in [6.07, 6.45) is 3.32. The van der Waals surface area contributed by atoms with E-state index in [0.29, 0.717) is 30.2 Å². The number of hydrogen-bond donors (Lipinski definition) is 1. The number of methoxy groups -OCH3 is 1. The highest BCUT2D eigenvalue weighted by Gasteiger charge is 2.39. The van der Waals surface area contributed by atoms with Crippen molar-refractivity contribution >= 4 is 21.8 Å². The second-order valence-electron chi connectivity index (χ2n) is 8.28. The molecule has 168 valence electrons. The van der Waals surface area contributed by atoms with Crippen LogP contribution >= 0.6 is 15.9 Å². The Morgan fingerprint density at radius 1 is 1.19 bits per heavy atom. The fraction of sp³-hybridized carbons (Fsp3) is 0.360. The van der Waals surface area contributed by atoms with Gasteiger partial charge >= 0.3 is 0 Å². The number of halogens is 1. The molecule has 7 heteroatoms. The van der Waals surface area contributed by atoms with Gasteiger partial charge in [-0.15, -0.1) is 0 Å². The van der Waals surface area contributed by atoms with E-state index in [9.17, 15) is 4.79 Å². The molecule has 0 unspecified atom stereocenters. The Balaban J connectivity index is 1.43. The average molecular weight is 499 g/mol. The van der Waals surface area contributed by atoms with Crippen LogP contribution in [-0.2, 0) is 12.0 Å². The summed E-state index contributed by atoms with van der Waals surface area (Å²) in [5, 5.41) is 7.07. The SMILES string of the molecule is COc1cc(C(=O)NCC2(c3cccc(Br)c3)CCC2)ccc1OCc1c(C)noc1C. The van der Waals surface area contributed by atoms with Crippen molar-refractivity contribution in [1.29, 1.82) is 0 Å². The van der Waals surface area contributed by atoms with Gasteiger partial charge in [0.05, 0.1) is 18.4 Å². The van der Waals surface area contributed by atoms with Crippen molar-refractivity contribution in [2.45, 2.75) is 45.1 Å². The average Bonchev–Trinajstić information content (AvgIpc) is 3.08. The van der Waals surface area contributed by atoms with Gasteiger partial charge in [0.25, 0.3) is 5.91 Å². The van der Waals surface area contributed by atoms with E-state index in [1.54, 1.807) is 25.3 Å². The van der Waals surface area contributed by atoms with E-state index in [1.165, 1.54) is 12.0 Å². The summed E-state index contributed by atoms with van der Waals surface area (Å²) in [4.78, 5) is 12.9. The number of aromatic nitrogens is 1. The Bertz CT molecular complexity index is 1100. The predicted octanol–water partition coefficient (Wildman–Crippen LogP) is 5.49. The minimum atomic E-state index is -0.123. The van der Waals surface area contributed by atoms with Gasteiger partial charge in [0, 0.05) is 22.0 Å². The zero-order chi connectivity index (χ0) is 22.7. The van der Waals surface area contributed by atoms with Crippen LogP contribution in [0.2, 0.25) is 0 Å². The molecule has 0 aliphatic heterocycles. The Kier molecular flexibility index (Phi) is 6.55. The van der Waals surface area contributed by atoms with E-state index in [-0.39, 0.29) is 11.3 Å². The van der Waals surface area contributed by atoms with Crippen molar-refractivity contribution in [3.8, 4) is 11.5 Å². The van der Waals surface area contributed by atoms with Crippen molar-refractivity contribution in [2.75, 3.05) is 13.7 Å². The van der Waals surface area contributed by atoms with Gasteiger partial charge in [-0.1, -0.05) is 39.6 Å². The highest BCUT2D eigenvalue weighted by atomic mass is 79.9. The largest absolute Gasteiger partial charge is 0.493 e. The summed E-state index contributed by atoms with van der Waals surface area (Å²) in [7, 11) is 1.57. The van der Waals surface area contributed by atoms with Gasteiger partial charge in [-0.3, -0.25) is 4.79 Å². The summed E-state index contributed by atoms with van der Waals surface area (Å²) >= 11 is 3.56. The van der Waals surface area contributed by atoms with Crippen molar-refractivity contribution in [3.05, 3.63) is 75.1 Å². The molecule has 6 nitrogen and oxygen atoms in total. The number of carbonyl (C=O) groups is 1. The maximum Gasteiger partial charge on any atom is 0.251 e. The van der Waals surface area contributed by atoms with Crippen LogP contribution in [0.1, 0.15) is 52.2 Å². The van der Waals surface area contributed by atoms with Gasteiger partial charge in [0.1, 0.15) is 12.4 Å². The molecule has 1 fully saturated rings. The number of amides is 1. The zero-order valence-electron chi connectivity index (χ0n) is 18.5. The smallest absolute Gasteiger partial charge is 0.251 e. The molecule has 4 rings (SSSR count). The number of rotatable bonds is 8. The molecule has 3 aromatic rings. The summed E-state index contributed by atoms with van der Waals surface area (Å²) in [5.41, 5.74) is 3.51. The zero-order valence-corrected chi connectivity index (χ0v) is 20.1. The first-order chi connectivity index (χ1) is 15.4. The molecule has 1 N–H and O–H groups in total. The maximum atomic E-state index is 12.9. The quantitative estimate of drug-likeness (QED) is 0.444. The lowest BCUT2D eigenvalue weighted by Crippen LogP contribution is -2.45. The van der Waals surface area contributed by atoms with Crippen molar-refractivity contribution in [3.63, 3.8) is 0 Å². The number of nitrogens with zero attached hydrogens (tertiary/aromatic N) is 1. The topological polar surface area (TPSA) is 73.6 Å². The summed E-state index contributed by atoms with van der Waals surface area (Å²) in [5.74, 6) is 1.68. The lowest BCUT2D eigenvalue weighted by molar-refractivity contribution is 0.0927. The fourth-order valence-electron chi connectivity index (χ4n) is 4.13. The molecule has 1 heterocycles. The molecule has 1 aliphatic rings. The van der Waals surface area contributed by atoms with Gasteiger partial charge in [-0.05, 0) is 62.6 Å². The fourth-order valence-corrected chi connectivity index (χ4v) is 4.53. The molecular formula is C25H27BrN2O4. The standard InChI is InChI=1S/C25H27BrN2O4/c1-16-21(17(2)32-28-16)14-31-22-9-8-18(12-23(22)30-3)24(29)27-15-25(10-5-11-25)19-6-4-7-20(26)13-19/h4,6-9,12-13H,5,10-11,14-15H2,1-3H3,(H,27,29). The van der Waals surface area contributed by atoms with Gasteiger partial charge in [-0.2, -0.15) is 0 Å². The van der Waals surface area contributed by atoms with Crippen LogP contribution in [0.3, 0.4) is 0 Å². The van der Waals surface area contributed by atoms with Crippen LogP contribution in [-0.4, -0.2) is 24.7 Å². The first-order valence-electron chi connectivity index (χ1n) is 10.7. The Labute approximate surface area is 196 Å². The third-order valence-corrected chi connectivity index (χ3v) is 6.81. The van der Waals surface area contributed by atoms with Crippen LogP contribution in [0, 0.1) is 13.8 Å². The number of benzene rings is 2. The van der Waals surface area contributed by atoms with E-state index >= 15 is 0 Å². The maximum absolute atomic E-state index is 12.9. The monoisotopic (exact) mass is 498 g/mol. The van der Waals surface area contributed by atoms with Crippen LogP contribution in [0.25, 0.3) is 0 Å². The molecule has 2 aromatic carbocycles. The lowest BCUT2D eigenvalue weighted by atomic mass is 9.64. The molecular weight excluding hydrogens is 472 g/mol.